The predicted molar refractivity (Wildman–Crippen MR) is 34.3 cm³/mol. The maximum Gasteiger partial charge on any atom is 0.133 e. The molecule has 6 nitrogen and oxygen atoms in total. The molecule has 0 aromatic heterocycles. The van der Waals surface area contributed by atoms with Crippen molar-refractivity contribution in [1.29, 1.82) is 0 Å². The zero-order valence-corrected chi connectivity index (χ0v) is 5.32. The third-order valence-corrected chi connectivity index (χ3v) is 0.797. The highest BCUT2D eigenvalue weighted by atomic mass is 16.9. The predicted octanol–water partition coefficient (Wildman–Crippen LogP) is -1.61. The molecule has 0 fully saturated rings. The quantitative estimate of drug-likeness (QED) is 0.318. The van der Waals surface area contributed by atoms with Crippen LogP contribution >= 0.6 is 0 Å². The molecule has 1 aliphatic rings. The van der Waals surface area contributed by atoms with Gasteiger partial charge >= 0.3 is 0 Å². The van der Waals surface area contributed by atoms with E-state index >= 15 is 0 Å². The maximum absolute atomic E-state index is 8.25. The van der Waals surface area contributed by atoms with Crippen molar-refractivity contribution in [3.63, 3.8) is 0 Å². The Balaban J connectivity index is 0.000000180. The first-order valence-electron chi connectivity index (χ1n) is 2.74. The van der Waals surface area contributed by atoms with Crippen LogP contribution < -0.4 is 10.6 Å². The molecule has 58 valence electrons. The lowest BCUT2D eigenvalue weighted by atomic mass is 10.5. The van der Waals surface area contributed by atoms with Gasteiger partial charge in [-0.15, -0.1) is 0 Å². The molecule has 0 amide bonds. The third-order valence-electron chi connectivity index (χ3n) is 0.797. The van der Waals surface area contributed by atoms with Crippen LogP contribution in [-0.4, -0.2) is 18.3 Å². The third kappa shape index (κ3) is 9.97. The van der Waals surface area contributed by atoms with E-state index in [1.165, 1.54) is 0 Å². The number of nitrogens with zero attached hydrogens (tertiary/aromatic N) is 1. The van der Waals surface area contributed by atoms with E-state index in [4.69, 9.17) is 15.3 Å². The minimum Gasteiger partial charge on any atom is -0.356 e. The average Bonchev–Trinajstić information content (AvgIpc) is 1.90. The molecule has 0 aliphatic carbocycles. The van der Waals surface area contributed by atoms with Crippen molar-refractivity contribution in [2.45, 2.75) is 0 Å². The van der Waals surface area contributed by atoms with E-state index in [2.05, 4.69) is 22.9 Å². The lowest BCUT2D eigenvalue weighted by molar-refractivity contribution is -0.595. The molecule has 3 N–H and O–H groups in total. The van der Waals surface area contributed by atoms with Gasteiger partial charge in [-0.25, -0.2) is 0 Å². The van der Waals surface area contributed by atoms with Crippen molar-refractivity contribution < 1.29 is 10.4 Å². The Hall–Kier alpha value is -1.14. The van der Waals surface area contributed by atoms with Crippen molar-refractivity contribution in [3.8, 4) is 0 Å². The molecule has 1 aliphatic heterocycles. The van der Waals surface area contributed by atoms with Crippen molar-refractivity contribution in [2.24, 2.45) is 0 Å². The molecule has 0 bridgehead atoms. The molecule has 0 saturated carbocycles. The van der Waals surface area contributed by atoms with E-state index in [0.717, 1.165) is 13.2 Å². The van der Waals surface area contributed by atoms with E-state index < -0.39 is 5.09 Å². The highest BCUT2D eigenvalue weighted by Crippen LogP contribution is 1.60. The zero-order valence-electron chi connectivity index (χ0n) is 5.32. The topological polar surface area (TPSA) is 94.8 Å². The number of rotatable bonds is 0. The summed E-state index contributed by atoms with van der Waals surface area (Å²) in [6.07, 6.45) is 4.18. The average molecular weight is 147 g/mol. The van der Waals surface area contributed by atoms with E-state index in [0.29, 0.717) is 0 Å². The van der Waals surface area contributed by atoms with Crippen molar-refractivity contribution in [3.05, 3.63) is 27.6 Å². The van der Waals surface area contributed by atoms with Crippen LogP contribution in [0, 0.1) is 15.3 Å². The van der Waals surface area contributed by atoms with Gasteiger partial charge in [0.2, 0.25) is 0 Å². The largest absolute Gasteiger partial charge is 0.356 e. The van der Waals surface area contributed by atoms with Gasteiger partial charge in [-0.05, 0) is 6.08 Å². The van der Waals surface area contributed by atoms with Gasteiger partial charge in [0.25, 0.3) is 0 Å². The number of hydrogen-bond donors (Lipinski definition) is 2. The van der Waals surface area contributed by atoms with Gasteiger partial charge in [-0.3, -0.25) is 5.32 Å². The Morgan fingerprint density at radius 2 is 2.20 bits per heavy atom. The second kappa shape index (κ2) is 5.99. The first-order chi connectivity index (χ1) is 4.73. The molecule has 0 unspecified atom stereocenters. The van der Waals surface area contributed by atoms with Crippen molar-refractivity contribution >= 4 is 0 Å². The minimum absolute atomic E-state index is 1.04. The van der Waals surface area contributed by atoms with Crippen LogP contribution in [0.2, 0.25) is 0 Å². The standard InChI is InChI=1S/C4H8N2.NO3/c1-2-5-4-6-3-1;2-1(3)4/h1-2,5-6H,3-4H2;/q;-1/p+1. The highest BCUT2D eigenvalue weighted by molar-refractivity contribution is 4.75. The van der Waals surface area contributed by atoms with Gasteiger partial charge in [0.15, 0.2) is 0 Å². The van der Waals surface area contributed by atoms with Crippen molar-refractivity contribution in [1.82, 2.24) is 5.32 Å². The van der Waals surface area contributed by atoms with Gasteiger partial charge < -0.3 is 20.6 Å². The number of quaternary nitrogens is 1. The summed E-state index contributed by atoms with van der Waals surface area (Å²) in [4.78, 5) is 8.25. The van der Waals surface area contributed by atoms with Crippen molar-refractivity contribution in [2.75, 3.05) is 13.2 Å². The summed E-state index contributed by atoms with van der Waals surface area (Å²) in [5.74, 6) is 0. The van der Waals surface area contributed by atoms with E-state index in [1.807, 2.05) is 0 Å². The number of nitrogens with one attached hydrogen (secondary N) is 1. The lowest BCUT2D eigenvalue weighted by Gasteiger charge is -1.99. The normalized spacial score (nSPS) is 15.2. The summed E-state index contributed by atoms with van der Waals surface area (Å²) in [6, 6.07) is 0. The maximum atomic E-state index is 8.25. The van der Waals surface area contributed by atoms with Gasteiger partial charge in [0.1, 0.15) is 6.67 Å². The summed E-state index contributed by atoms with van der Waals surface area (Å²) >= 11 is 0. The lowest BCUT2D eigenvalue weighted by Crippen LogP contribution is -2.82. The zero-order chi connectivity index (χ0) is 7.82. The van der Waals surface area contributed by atoms with Crippen LogP contribution in [0.15, 0.2) is 12.3 Å². The van der Waals surface area contributed by atoms with Crippen LogP contribution in [0.3, 0.4) is 0 Å². The second-order valence-electron chi connectivity index (χ2n) is 1.55. The molecule has 0 aromatic carbocycles. The Kier molecular flexibility index (Phi) is 5.30. The molecule has 0 spiro atoms. The molecule has 0 aromatic rings. The molecule has 0 radical (unpaired) electrons. The summed E-state index contributed by atoms with van der Waals surface area (Å²) in [7, 11) is 0. The number of hydrogen-bond acceptors (Lipinski definition) is 4. The Bertz CT molecular complexity index is 113. The molecule has 1 heterocycles. The molecule has 10 heavy (non-hydrogen) atoms. The van der Waals surface area contributed by atoms with Crippen LogP contribution in [0.1, 0.15) is 0 Å². The second-order valence-corrected chi connectivity index (χ2v) is 1.55. The molecule has 0 atom stereocenters. The minimum atomic E-state index is -1.75. The van der Waals surface area contributed by atoms with Gasteiger partial charge in [0.05, 0.1) is 11.3 Å². The molecule has 6 heteroatoms. The van der Waals surface area contributed by atoms with E-state index in [9.17, 15) is 0 Å². The Morgan fingerprint density at radius 1 is 1.60 bits per heavy atom. The summed E-state index contributed by atoms with van der Waals surface area (Å²) < 4.78 is 0. The molecular weight excluding hydrogens is 138 g/mol. The Labute approximate surface area is 57.6 Å². The number of nitrogens with two attached hydrogens (primary N) is 1. The summed E-state index contributed by atoms with van der Waals surface area (Å²) in [5.41, 5.74) is 0. The first-order valence-corrected chi connectivity index (χ1v) is 2.74. The van der Waals surface area contributed by atoms with Crippen LogP contribution in [0.5, 0.6) is 0 Å². The SMILES string of the molecule is C1=C[NH2+]CNC1.O=[N+]([O-])[O-]. The fraction of sp³-hybridized carbons (Fsp3) is 0.500. The van der Waals surface area contributed by atoms with Gasteiger partial charge in [-0.2, -0.15) is 0 Å². The van der Waals surface area contributed by atoms with E-state index in [-0.39, 0.29) is 0 Å². The molecule has 1 rings (SSSR count). The van der Waals surface area contributed by atoms with Crippen LogP contribution in [0.25, 0.3) is 0 Å². The summed E-state index contributed by atoms with van der Waals surface area (Å²) in [5, 5.41) is 20.0. The van der Waals surface area contributed by atoms with Crippen LogP contribution in [-0.2, 0) is 0 Å². The smallest absolute Gasteiger partial charge is 0.133 e. The fourth-order valence-corrected chi connectivity index (χ4v) is 0.482. The van der Waals surface area contributed by atoms with Gasteiger partial charge in [-0.1, -0.05) is 0 Å². The van der Waals surface area contributed by atoms with E-state index in [1.54, 1.807) is 0 Å². The Morgan fingerprint density at radius 3 is 2.30 bits per heavy atom. The molecular formula is C4H9N3O3. The monoisotopic (exact) mass is 147 g/mol. The molecule has 0 saturated heterocycles. The fourth-order valence-electron chi connectivity index (χ4n) is 0.482. The highest BCUT2D eigenvalue weighted by Gasteiger charge is 1.86. The summed E-state index contributed by atoms with van der Waals surface area (Å²) in [6.45, 7) is 2.08. The first kappa shape index (κ1) is 8.86. The van der Waals surface area contributed by atoms with Gasteiger partial charge in [0, 0.05) is 6.54 Å². The van der Waals surface area contributed by atoms with Crippen LogP contribution in [0.4, 0.5) is 0 Å².